The molecule has 0 bridgehead atoms. The summed E-state index contributed by atoms with van der Waals surface area (Å²) in [6, 6.07) is 0. The number of hydroxylamine groups is 2. The maximum absolute atomic E-state index is 11.5. The molecular formula is C10H19NO3. The van der Waals surface area contributed by atoms with E-state index in [2.05, 4.69) is 6.58 Å². The van der Waals surface area contributed by atoms with Crippen LogP contribution in [0.5, 0.6) is 0 Å². The van der Waals surface area contributed by atoms with E-state index < -0.39 is 12.0 Å². The molecule has 0 aliphatic carbocycles. The molecule has 0 aromatic rings. The summed E-state index contributed by atoms with van der Waals surface area (Å²) in [5, 5.41) is 10.7. The van der Waals surface area contributed by atoms with Gasteiger partial charge in [0.05, 0.1) is 19.1 Å². The predicted octanol–water partition coefficient (Wildman–Crippen LogP) is 0.969. The second-order valence-corrected chi connectivity index (χ2v) is 3.24. The summed E-state index contributed by atoms with van der Waals surface area (Å²) in [7, 11) is 2.94. The van der Waals surface area contributed by atoms with Crippen molar-refractivity contribution in [3.63, 3.8) is 0 Å². The summed E-state index contributed by atoms with van der Waals surface area (Å²) >= 11 is 0. The molecule has 0 heterocycles. The summed E-state index contributed by atoms with van der Waals surface area (Å²) in [5.74, 6) is -0.663. The van der Waals surface area contributed by atoms with Crippen LogP contribution in [0.1, 0.15) is 19.8 Å². The van der Waals surface area contributed by atoms with Gasteiger partial charge in [-0.05, 0) is 12.8 Å². The molecule has 14 heavy (non-hydrogen) atoms. The molecule has 0 aliphatic rings. The third kappa shape index (κ3) is 3.89. The van der Waals surface area contributed by atoms with Gasteiger partial charge >= 0.3 is 0 Å². The summed E-state index contributed by atoms with van der Waals surface area (Å²) in [5.41, 5.74) is 0. The van der Waals surface area contributed by atoms with Crippen LogP contribution in [-0.4, -0.2) is 36.3 Å². The highest BCUT2D eigenvalue weighted by Crippen LogP contribution is 2.12. The van der Waals surface area contributed by atoms with Gasteiger partial charge in [0.1, 0.15) is 0 Å². The number of aliphatic hydroxyl groups is 1. The minimum absolute atomic E-state index is 0.218. The number of hydrogen-bond acceptors (Lipinski definition) is 3. The van der Waals surface area contributed by atoms with E-state index in [0.29, 0.717) is 12.8 Å². The van der Waals surface area contributed by atoms with Crippen molar-refractivity contribution in [2.24, 2.45) is 5.92 Å². The van der Waals surface area contributed by atoms with Crippen LogP contribution in [0.2, 0.25) is 0 Å². The van der Waals surface area contributed by atoms with Crippen molar-refractivity contribution in [3.05, 3.63) is 12.7 Å². The lowest BCUT2D eigenvalue weighted by atomic mass is 9.99. The van der Waals surface area contributed by atoms with E-state index in [4.69, 9.17) is 4.84 Å². The molecule has 4 heteroatoms. The Hall–Kier alpha value is -0.870. The maximum atomic E-state index is 11.5. The van der Waals surface area contributed by atoms with Crippen LogP contribution >= 0.6 is 0 Å². The van der Waals surface area contributed by atoms with Crippen molar-refractivity contribution >= 4 is 5.91 Å². The number of aliphatic hydroxyl groups excluding tert-OH is 1. The first-order valence-electron chi connectivity index (χ1n) is 4.65. The van der Waals surface area contributed by atoms with Crippen molar-refractivity contribution in [1.29, 1.82) is 0 Å². The molecule has 1 N–H and O–H groups in total. The fraction of sp³-hybridized carbons (Fsp3) is 0.700. The van der Waals surface area contributed by atoms with Crippen molar-refractivity contribution in [2.75, 3.05) is 14.2 Å². The Bertz CT molecular complexity index is 194. The molecule has 2 atom stereocenters. The molecule has 0 aliphatic heterocycles. The highest BCUT2D eigenvalue weighted by Gasteiger charge is 2.24. The quantitative estimate of drug-likeness (QED) is 0.514. The third-order valence-electron chi connectivity index (χ3n) is 2.22. The first-order chi connectivity index (χ1) is 6.54. The first-order valence-corrected chi connectivity index (χ1v) is 4.65. The molecule has 0 aromatic heterocycles. The second kappa shape index (κ2) is 6.56. The summed E-state index contributed by atoms with van der Waals surface area (Å²) in [4.78, 5) is 16.2. The Morgan fingerprint density at radius 2 is 2.29 bits per heavy atom. The Kier molecular flexibility index (Phi) is 6.16. The summed E-state index contributed by atoms with van der Waals surface area (Å²) in [6.45, 7) is 5.24. The van der Waals surface area contributed by atoms with Gasteiger partial charge < -0.3 is 5.11 Å². The third-order valence-corrected chi connectivity index (χ3v) is 2.22. The van der Waals surface area contributed by atoms with Crippen molar-refractivity contribution in [2.45, 2.75) is 25.9 Å². The van der Waals surface area contributed by atoms with Crippen molar-refractivity contribution < 1.29 is 14.7 Å². The van der Waals surface area contributed by atoms with Crippen molar-refractivity contribution in [3.8, 4) is 0 Å². The average Bonchev–Trinajstić information content (AvgIpc) is 2.22. The van der Waals surface area contributed by atoms with Crippen molar-refractivity contribution in [1.82, 2.24) is 5.06 Å². The lowest BCUT2D eigenvalue weighted by Gasteiger charge is -2.22. The summed E-state index contributed by atoms with van der Waals surface area (Å²) < 4.78 is 0. The molecule has 0 aromatic carbocycles. The van der Waals surface area contributed by atoms with Crippen LogP contribution in [-0.2, 0) is 9.63 Å². The van der Waals surface area contributed by atoms with Crippen LogP contribution in [0.4, 0.5) is 0 Å². The Balaban J connectivity index is 4.09. The average molecular weight is 201 g/mol. The van der Waals surface area contributed by atoms with E-state index in [1.165, 1.54) is 14.2 Å². The first kappa shape index (κ1) is 13.1. The van der Waals surface area contributed by atoms with Gasteiger partial charge in [0.15, 0.2) is 0 Å². The molecule has 82 valence electrons. The minimum atomic E-state index is -0.641. The number of amides is 1. The van der Waals surface area contributed by atoms with Crippen LogP contribution in [0, 0.1) is 5.92 Å². The van der Waals surface area contributed by atoms with E-state index in [1.54, 1.807) is 13.0 Å². The van der Waals surface area contributed by atoms with E-state index in [-0.39, 0.29) is 5.91 Å². The molecule has 1 amide bonds. The number of allylic oxidation sites excluding steroid dienone is 1. The Labute approximate surface area is 85.1 Å². The SMILES string of the molecule is C=CCC[C@@H](O)[C@H](C)C(=O)N(C)OC. The number of hydrogen-bond donors (Lipinski definition) is 1. The Morgan fingerprint density at radius 1 is 1.71 bits per heavy atom. The molecule has 0 unspecified atom stereocenters. The standard InChI is InChI=1S/C10H19NO3/c1-5-6-7-9(12)8(2)10(13)11(3)14-4/h5,8-9,12H,1,6-7H2,2-4H3/t8-,9+/m0/s1. The smallest absolute Gasteiger partial charge is 0.251 e. The van der Waals surface area contributed by atoms with E-state index >= 15 is 0 Å². The fourth-order valence-corrected chi connectivity index (χ4v) is 1.08. The van der Waals surface area contributed by atoms with Gasteiger partial charge in [0.2, 0.25) is 0 Å². The zero-order valence-corrected chi connectivity index (χ0v) is 9.06. The van der Waals surface area contributed by atoms with Gasteiger partial charge in [0, 0.05) is 7.05 Å². The van der Waals surface area contributed by atoms with E-state index in [1.807, 2.05) is 0 Å². The molecule has 0 spiro atoms. The molecular weight excluding hydrogens is 182 g/mol. The predicted molar refractivity (Wildman–Crippen MR) is 54.4 cm³/mol. The zero-order valence-electron chi connectivity index (χ0n) is 9.06. The molecule has 0 saturated carbocycles. The molecule has 0 saturated heterocycles. The van der Waals surface area contributed by atoms with Crippen LogP contribution in [0.25, 0.3) is 0 Å². The Morgan fingerprint density at radius 3 is 2.71 bits per heavy atom. The van der Waals surface area contributed by atoms with Gasteiger partial charge in [-0.25, -0.2) is 5.06 Å². The summed E-state index contributed by atoms with van der Waals surface area (Å²) in [6.07, 6.45) is 2.34. The zero-order chi connectivity index (χ0) is 11.1. The molecule has 0 radical (unpaired) electrons. The largest absolute Gasteiger partial charge is 0.392 e. The number of rotatable bonds is 6. The number of carbonyl (C=O) groups is 1. The van der Waals surface area contributed by atoms with Gasteiger partial charge in [-0.2, -0.15) is 0 Å². The molecule has 4 nitrogen and oxygen atoms in total. The van der Waals surface area contributed by atoms with Gasteiger partial charge in [-0.1, -0.05) is 13.0 Å². The van der Waals surface area contributed by atoms with Gasteiger partial charge in [-0.3, -0.25) is 9.63 Å². The number of carbonyl (C=O) groups excluding carboxylic acids is 1. The number of nitrogens with zero attached hydrogens (tertiary/aromatic N) is 1. The maximum Gasteiger partial charge on any atom is 0.251 e. The monoisotopic (exact) mass is 201 g/mol. The van der Waals surface area contributed by atoms with Crippen LogP contribution < -0.4 is 0 Å². The lowest BCUT2D eigenvalue weighted by molar-refractivity contribution is -0.176. The highest BCUT2D eigenvalue weighted by molar-refractivity contribution is 5.77. The molecule has 0 rings (SSSR count). The van der Waals surface area contributed by atoms with Gasteiger partial charge in [0.25, 0.3) is 5.91 Å². The van der Waals surface area contributed by atoms with E-state index in [0.717, 1.165) is 5.06 Å². The second-order valence-electron chi connectivity index (χ2n) is 3.24. The van der Waals surface area contributed by atoms with Gasteiger partial charge in [-0.15, -0.1) is 6.58 Å². The highest BCUT2D eigenvalue weighted by atomic mass is 16.7. The fourth-order valence-electron chi connectivity index (χ4n) is 1.08. The van der Waals surface area contributed by atoms with Crippen LogP contribution in [0.3, 0.4) is 0 Å². The van der Waals surface area contributed by atoms with Crippen LogP contribution in [0.15, 0.2) is 12.7 Å². The molecule has 0 fully saturated rings. The normalized spacial score (nSPS) is 14.6. The topological polar surface area (TPSA) is 49.8 Å². The minimum Gasteiger partial charge on any atom is -0.392 e. The van der Waals surface area contributed by atoms with E-state index in [9.17, 15) is 9.90 Å². The lowest BCUT2D eigenvalue weighted by Crippen LogP contribution is -2.36.